The molecule has 1 aliphatic heterocycles. The summed E-state index contributed by atoms with van der Waals surface area (Å²) < 4.78 is 28.3. The Morgan fingerprint density at radius 3 is 2.62 bits per heavy atom. The summed E-state index contributed by atoms with van der Waals surface area (Å²) in [6.07, 6.45) is 5.94. The van der Waals surface area contributed by atoms with Crippen LogP contribution in [0.4, 0.5) is 5.69 Å². The lowest BCUT2D eigenvalue weighted by Gasteiger charge is -2.38. The van der Waals surface area contributed by atoms with Gasteiger partial charge in [0.25, 0.3) is 0 Å². The molecule has 0 radical (unpaired) electrons. The van der Waals surface area contributed by atoms with Crippen LogP contribution in [0.5, 0.6) is 0 Å². The Bertz CT molecular complexity index is 1050. The van der Waals surface area contributed by atoms with Crippen LogP contribution in [0.25, 0.3) is 0 Å². The lowest BCUT2D eigenvalue weighted by Crippen LogP contribution is -2.33. The van der Waals surface area contributed by atoms with E-state index in [0.29, 0.717) is 14.9 Å². The van der Waals surface area contributed by atoms with Gasteiger partial charge in [0.2, 0.25) is 10.0 Å². The van der Waals surface area contributed by atoms with E-state index in [2.05, 4.69) is 22.2 Å². The van der Waals surface area contributed by atoms with Gasteiger partial charge in [-0.1, -0.05) is 48.3 Å². The second-order valence-corrected chi connectivity index (χ2v) is 10.3. The third kappa shape index (κ3) is 3.81. The van der Waals surface area contributed by atoms with Crippen LogP contribution in [0.15, 0.2) is 53.4 Å². The topological polar surface area (TPSA) is 58.2 Å². The minimum absolute atomic E-state index is 0.0376. The molecular formula is C22H24Cl2N2O2S. The molecule has 0 saturated carbocycles. The predicted molar refractivity (Wildman–Crippen MR) is 119 cm³/mol. The number of fused-ring (bicyclic) bond motifs is 3. The Morgan fingerprint density at radius 2 is 1.93 bits per heavy atom. The zero-order valence-corrected chi connectivity index (χ0v) is 18.7. The summed E-state index contributed by atoms with van der Waals surface area (Å²) in [5, 5.41) is 4.85. The van der Waals surface area contributed by atoms with Crippen molar-refractivity contribution in [2.24, 2.45) is 5.92 Å². The fourth-order valence-electron chi connectivity index (χ4n) is 4.25. The highest BCUT2D eigenvalue weighted by Gasteiger charge is 2.40. The lowest BCUT2D eigenvalue weighted by atomic mass is 9.77. The number of sulfonamides is 1. The van der Waals surface area contributed by atoms with Crippen molar-refractivity contribution in [2.45, 2.75) is 49.6 Å². The second kappa shape index (κ2) is 7.95. The molecule has 0 saturated heterocycles. The van der Waals surface area contributed by atoms with Crippen molar-refractivity contribution < 1.29 is 8.42 Å². The van der Waals surface area contributed by atoms with Gasteiger partial charge >= 0.3 is 0 Å². The van der Waals surface area contributed by atoms with Gasteiger partial charge in [0.15, 0.2) is 0 Å². The molecule has 1 heterocycles. The summed E-state index contributed by atoms with van der Waals surface area (Å²) in [7, 11) is -3.56. The molecule has 4 atom stereocenters. The molecule has 2 N–H and O–H groups in total. The van der Waals surface area contributed by atoms with Gasteiger partial charge in [-0.15, -0.1) is 0 Å². The van der Waals surface area contributed by atoms with Gasteiger partial charge in [-0.25, -0.2) is 13.1 Å². The Hall–Kier alpha value is -1.53. The highest BCUT2D eigenvalue weighted by Crippen LogP contribution is 2.52. The van der Waals surface area contributed by atoms with Crippen LogP contribution in [0.3, 0.4) is 0 Å². The summed E-state index contributed by atoms with van der Waals surface area (Å²) >= 11 is 13.0. The smallest absolute Gasteiger partial charge is 0.240 e. The highest BCUT2D eigenvalue weighted by atomic mass is 35.5. The molecule has 2 aromatic carbocycles. The zero-order valence-electron chi connectivity index (χ0n) is 16.3. The molecule has 2 aromatic rings. The monoisotopic (exact) mass is 450 g/mol. The van der Waals surface area contributed by atoms with E-state index in [0.717, 1.165) is 29.7 Å². The first-order valence-corrected chi connectivity index (χ1v) is 12.1. The Kier molecular flexibility index (Phi) is 5.68. The van der Waals surface area contributed by atoms with E-state index in [1.54, 1.807) is 12.1 Å². The second-order valence-electron chi connectivity index (χ2n) is 7.79. The molecule has 0 spiro atoms. The standard InChI is InChI=1S/C22H24Cl2N2O2S/c1-3-13(2)26-29(27,28)14-10-11-20-17(12-14)15-6-4-7-16(15)22(25-20)21-18(23)8-5-9-19(21)24/h4-6,8-13,15-16,22,25-26H,3,7H2,1-2H3. The van der Waals surface area contributed by atoms with Crippen molar-refractivity contribution in [3.05, 3.63) is 69.7 Å². The maximum atomic E-state index is 12.8. The number of hydrogen-bond donors (Lipinski definition) is 2. The Balaban J connectivity index is 1.74. The SMILES string of the molecule is CCC(C)NS(=O)(=O)c1ccc2c(c1)C1C=CCC1C(c1c(Cl)cccc1Cl)N2. The molecule has 1 aliphatic carbocycles. The quantitative estimate of drug-likeness (QED) is 0.557. The van der Waals surface area contributed by atoms with E-state index in [-0.39, 0.29) is 23.9 Å². The van der Waals surface area contributed by atoms with Gasteiger partial charge in [-0.2, -0.15) is 0 Å². The molecule has 0 bridgehead atoms. The van der Waals surface area contributed by atoms with Crippen molar-refractivity contribution in [3.8, 4) is 0 Å². The summed E-state index contributed by atoms with van der Waals surface area (Å²) in [6.45, 7) is 3.82. The van der Waals surface area contributed by atoms with Gasteiger partial charge in [-0.3, -0.25) is 0 Å². The largest absolute Gasteiger partial charge is 0.378 e. The number of benzene rings is 2. The lowest BCUT2D eigenvalue weighted by molar-refractivity contribution is 0.425. The van der Waals surface area contributed by atoms with Gasteiger partial charge in [0.05, 0.1) is 10.9 Å². The molecule has 2 aliphatic rings. The third-order valence-electron chi connectivity index (χ3n) is 5.92. The van der Waals surface area contributed by atoms with Gasteiger partial charge in [-0.05, 0) is 61.6 Å². The van der Waals surface area contributed by atoms with Gasteiger partial charge in [0.1, 0.15) is 0 Å². The third-order valence-corrected chi connectivity index (χ3v) is 8.17. The van der Waals surface area contributed by atoms with Gasteiger partial charge in [0, 0.05) is 33.3 Å². The van der Waals surface area contributed by atoms with E-state index in [1.165, 1.54) is 0 Å². The first-order valence-electron chi connectivity index (χ1n) is 9.85. The number of hydrogen-bond acceptors (Lipinski definition) is 3. The van der Waals surface area contributed by atoms with E-state index >= 15 is 0 Å². The summed E-state index contributed by atoms with van der Waals surface area (Å²) in [6, 6.07) is 10.7. The number of allylic oxidation sites excluding steroid dienone is 2. The molecule has 4 unspecified atom stereocenters. The molecule has 4 nitrogen and oxygen atoms in total. The molecule has 154 valence electrons. The van der Waals surface area contributed by atoms with Crippen LogP contribution >= 0.6 is 23.2 Å². The van der Waals surface area contributed by atoms with Crippen molar-refractivity contribution in [1.82, 2.24) is 4.72 Å². The van der Waals surface area contributed by atoms with Crippen LogP contribution in [-0.2, 0) is 10.0 Å². The first-order chi connectivity index (χ1) is 13.8. The number of anilines is 1. The average Bonchev–Trinajstić information content (AvgIpc) is 3.17. The van der Waals surface area contributed by atoms with E-state index in [9.17, 15) is 8.42 Å². The highest BCUT2D eigenvalue weighted by molar-refractivity contribution is 7.89. The van der Waals surface area contributed by atoms with E-state index < -0.39 is 10.0 Å². The number of rotatable bonds is 5. The van der Waals surface area contributed by atoms with E-state index in [1.807, 2.05) is 38.1 Å². The maximum absolute atomic E-state index is 12.8. The van der Waals surface area contributed by atoms with E-state index in [4.69, 9.17) is 23.2 Å². The van der Waals surface area contributed by atoms with Crippen molar-refractivity contribution >= 4 is 38.9 Å². The molecule has 0 amide bonds. The molecule has 4 rings (SSSR count). The number of halogens is 2. The minimum Gasteiger partial charge on any atom is -0.378 e. The van der Waals surface area contributed by atoms with Gasteiger partial charge < -0.3 is 5.32 Å². The van der Waals surface area contributed by atoms with Crippen LogP contribution in [0.1, 0.15) is 49.8 Å². The Morgan fingerprint density at radius 1 is 1.21 bits per heavy atom. The number of nitrogens with one attached hydrogen (secondary N) is 2. The predicted octanol–water partition coefficient (Wildman–Crippen LogP) is 5.90. The van der Waals surface area contributed by atoms with Crippen LogP contribution in [0.2, 0.25) is 10.0 Å². The van der Waals surface area contributed by atoms with Crippen molar-refractivity contribution in [3.63, 3.8) is 0 Å². The maximum Gasteiger partial charge on any atom is 0.240 e. The molecule has 7 heteroatoms. The summed E-state index contributed by atoms with van der Waals surface area (Å²) in [5.41, 5.74) is 2.81. The molecule has 0 aromatic heterocycles. The van der Waals surface area contributed by atoms with Crippen molar-refractivity contribution in [1.29, 1.82) is 0 Å². The fraction of sp³-hybridized carbons (Fsp3) is 0.364. The van der Waals surface area contributed by atoms with Crippen LogP contribution in [0, 0.1) is 5.92 Å². The zero-order chi connectivity index (χ0) is 20.8. The first kappa shape index (κ1) is 20.7. The molecule has 29 heavy (non-hydrogen) atoms. The minimum atomic E-state index is -3.56. The molecular weight excluding hydrogens is 427 g/mol. The Labute approximate surface area is 182 Å². The van der Waals surface area contributed by atoms with Crippen LogP contribution in [-0.4, -0.2) is 14.5 Å². The summed E-state index contributed by atoms with van der Waals surface area (Å²) in [4.78, 5) is 0.298. The molecule has 0 fully saturated rings. The fourth-order valence-corrected chi connectivity index (χ4v) is 6.24. The van der Waals surface area contributed by atoms with Crippen molar-refractivity contribution in [2.75, 3.05) is 5.32 Å². The average molecular weight is 451 g/mol. The van der Waals surface area contributed by atoms with Crippen LogP contribution < -0.4 is 10.0 Å². The normalized spacial score (nSPS) is 23.9. The summed E-state index contributed by atoms with van der Waals surface area (Å²) in [5.74, 6) is 0.336.